The number of nitrogens with one attached hydrogen (secondary N) is 1. The first-order valence-electron chi connectivity index (χ1n) is 7.80. The van der Waals surface area contributed by atoms with Gasteiger partial charge in [0, 0.05) is 24.0 Å². The van der Waals surface area contributed by atoms with E-state index in [9.17, 15) is 13.2 Å². The Morgan fingerprint density at radius 2 is 1.80 bits per heavy atom. The molecule has 0 amide bonds. The van der Waals surface area contributed by atoms with Crippen molar-refractivity contribution in [2.24, 2.45) is 0 Å². The molecule has 25 heavy (non-hydrogen) atoms. The molecule has 0 aliphatic heterocycles. The lowest BCUT2D eigenvalue weighted by Gasteiger charge is -2.09. The Hall–Kier alpha value is -2.18. The zero-order valence-corrected chi connectivity index (χ0v) is 14.4. The average Bonchev–Trinajstić information content (AvgIpc) is 3.04. The van der Waals surface area contributed by atoms with Gasteiger partial charge in [0.2, 0.25) is 0 Å². The largest absolute Gasteiger partial charge is 0.416 e. The Morgan fingerprint density at radius 3 is 2.52 bits per heavy atom. The van der Waals surface area contributed by atoms with Crippen molar-refractivity contribution < 1.29 is 13.2 Å². The van der Waals surface area contributed by atoms with Gasteiger partial charge in [0.05, 0.1) is 11.3 Å². The number of thiazole rings is 1. The number of rotatable bonds is 5. The van der Waals surface area contributed by atoms with E-state index in [1.165, 1.54) is 17.7 Å². The third-order valence-corrected chi connectivity index (χ3v) is 4.68. The van der Waals surface area contributed by atoms with Gasteiger partial charge in [0.25, 0.3) is 0 Å². The first kappa shape index (κ1) is 17.6. The van der Waals surface area contributed by atoms with Gasteiger partial charge in [-0.2, -0.15) is 13.2 Å². The minimum Gasteiger partial charge on any atom is -0.307 e. The van der Waals surface area contributed by atoms with E-state index in [1.54, 1.807) is 17.4 Å². The third kappa shape index (κ3) is 4.67. The molecule has 0 aliphatic carbocycles. The SMILES string of the molecule is Cc1ccc(-c2nc(CNCc3cccc(C(F)(F)F)c3)cs2)cc1. The van der Waals surface area contributed by atoms with E-state index in [0.29, 0.717) is 18.7 Å². The van der Waals surface area contributed by atoms with E-state index in [1.807, 2.05) is 36.6 Å². The predicted octanol–water partition coefficient (Wildman–Crippen LogP) is 5.43. The molecule has 2 aromatic carbocycles. The van der Waals surface area contributed by atoms with Crippen LogP contribution in [0.25, 0.3) is 10.6 Å². The van der Waals surface area contributed by atoms with Gasteiger partial charge in [-0.05, 0) is 18.6 Å². The first-order valence-corrected chi connectivity index (χ1v) is 8.68. The van der Waals surface area contributed by atoms with Crippen LogP contribution in [0.2, 0.25) is 0 Å². The molecule has 0 radical (unpaired) electrons. The fraction of sp³-hybridized carbons (Fsp3) is 0.211. The maximum Gasteiger partial charge on any atom is 0.416 e. The van der Waals surface area contributed by atoms with Crippen molar-refractivity contribution in [2.45, 2.75) is 26.2 Å². The second-order valence-electron chi connectivity index (χ2n) is 5.81. The van der Waals surface area contributed by atoms with Crippen LogP contribution >= 0.6 is 11.3 Å². The van der Waals surface area contributed by atoms with Crippen LogP contribution in [0.3, 0.4) is 0 Å². The highest BCUT2D eigenvalue weighted by Gasteiger charge is 2.30. The summed E-state index contributed by atoms with van der Waals surface area (Å²) in [6.45, 7) is 2.91. The Balaban J connectivity index is 1.59. The van der Waals surface area contributed by atoms with Crippen molar-refractivity contribution in [3.8, 4) is 10.6 Å². The van der Waals surface area contributed by atoms with E-state index in [2.05, 4.69) is 10.3 Å². The lowest BCUT2D eigenvalue weighted by atomic mass is 10.1. The van der Waals surface area contributed by atoms with Crippen molar-refractivity contribution in [3.05, 3.63) is 76.3 Å². The molecule has 1 heterocycles. The first-order chi connectivity index (χ1) is 11.9. The Labute approximate surface area is 148 Å². The molecule has 0 spiro atoms. The minimum absolute atomic E-state index is 0.362. The van der Waals surface area contributed by atoms with Crippen LogP contribution in [0.1, 0.15) is 22.4 Å². The number of aromatic nitrogens is 1. The van der Waals surface area contributed by atoms with Gasteiger partial charge in [-0.25, -0.2) is 4.98 Å². The van der Waals surface area contributed by atoms with Gasteiger partial charge < -0.3 is 5.32 Å². The van der Waals surface area contributed by atoms with Gasteiger partial charge in [-0.3, -0.25) is 0 Å². The van der Waals surface area contributed by atoms with Crippen molar-refractivity contribution in [3.63, 3.8) is 0 Å². The summed E-state index contributed by atoms with van der Waals surface area (Å²) < 4.78 is 38.1. The third-order valence-electron chi connectivity index (χ3n) is 3.74. The zero-order valence-electron chi connectivity index (χ0n) is 13.6. The molecule has 3 aromatic rings. The highest BCUT2D eigenvalue weighted by Crippen LogP contribution is 2.29. The molecule has 6 heteroatoms. The number of hydrogen-bond donors (Lipinski definition) is 1. The normalized spacial score (nSPS) is 11.7. The summed E-state index contributed by atoms with van der Waals surface area (Å²) in [5, 5.41) is 6.05. The average molecular weight is 362 g/mol. The molecule has 0 bridgehead atoms. The van der Waals surface area contributed by atoms with Gasteiger partial charge in [-0.15, -0.1) is 11.3 Å². The van der Waals surface area contributed by atoms with E-state index < -0.39 is 11.7 Å². The zero-order chi connectivity index (χ0) is 17.9. The van der Waals surface area contributed by atoms with E-state index in [4.69, 9.17) is 0 Å². The van der Waals surface area contributed by atoms with Crippen LogP contribution in [0.15, 0.2) is 53.9 Å². The summed E-state index contributed by atoms with van der Waals surface area (Å²) >= 11 is 1.56. The van der Waals surface area contributed by atoms with Crippen molar-refractivity contribution in [1.82, 2.24) is 10.3 Å². The van der Waals surface area contributed by atoms with Gasteiger partial charge in [0.1, 0.15) is 5.01 Å². The molecule has 0 fully saturated rings. The van der Waals surface area contributed by atoms with Crippen LogP contribution in [0.5, 0.6) is 0 Å². The molecule has 3 rings (SSSR count). The molecule has 130 valence electrons. The fourth-order valence-corrected chi connectivity index (χ4v) is 3.24. The second kappa shape index (κ2) is 7.37. The molecule has 0 saturated heterocycles. The molecule has 0 atom stereocenters. The molecule has 2 nitrogen and oxygen atoms in total. The topological polar surface area (TPSA) is 24.9 Å². The molecule has 0 unspecified atom stereocenters. The van der Waals surface area contributed by atoms with E-state index in [0.717, 1.165) is 22.3 Å². The summed E-state index contributed by atoms with van der Waals surface area (Å²) in [6, 6.07) is 13.5. The quantitative estimate of drug-likeness (QED) is 0.655. The number of alkyl halides is 3. The molecular weight excluding hydrogens is 345 g/mol. The van der Waals surface area contributed by atoms with Crippen molar-refractivity contribution in [2.75, 3.05) is 0 Å². The standard InChI is InChI=1S/C19H17F3N2S/c1-13-5-7-15(8-6-13)18-24-17(12-25-18)11-23-10-14-3-2-4-16(9-14)19(20,21)22/h2-9,12,23H,10-11H2,1H3. The van der Waals surface area contributed by atoms with Gasteiger partial charge in [-0.1, -0.05) is 48.0 Å². The van der Waals surface area contributed by atoms with Crippen LogP contribution in [0.4, 0.5) is 13.2 Å². The monoisotopic (exact) mass is 362 g/mol. The summed E-state index contributed by atoms with van der Waals surface area (Å²) in [7, 11) is 0. The summed E-state index contributed by atoms with van der Waals surface area (Å²) in [6.07, 6.45) is -4.31. The molecular formula is C19H17F3N2S. The van der Waals surface area contributed by atoms with Crippen molar-refractivity contribution >= 4 is 11.3 Å². The maximum atomic E-state index is 12.7. The molecule has 0 saturated carbocycles. The fourth-order valence-electron chi connectivity index (χ4n) is 2.41. The minimum atomic E-state index is -4.31. The van der Waals surface area contributed by atoms with Gasteiger partial charge >= 0.3 is 6.18 Å². The molecule has 0 aliphatic rings. The Kier molecular flexibility index (Phi) is 5.20. The summed E-state index contributed by atoms with van der Waals surface area (Å²) in [5.74, 6) is 0. The Bertz CT molecular complexity index is 838. The second-order valence-corrected chi connectivity index (χ2v) is 6.67. The maximum absolute atomic E-state index is 12.7. The highest BCUT2D eigenvalue weighted by atomic mass is 32.1. The van der Waals surface area contributed by atoms with Crippen LogP contribution in [-0.4, -0.2) is 4.98 Å². The summed E-state index contributed by atoms with van der Waals surface area (Å²) in [4.78, 5) is 4.57. The van der Waals surface area contributed by atoms with Crippen LogP contribution < -0.4 is 5.32 Å². The highest BCUT2D eigenvalue weighted by molar-refractivity contribution is 7.13. The predicted molar refractivity (Wildman–Crippen MR) is 94.3 cm³/mol. The molecule has 1 aromatic heterocycles. The van der Waals surface area contributed by atoms with Gasteiger partial charge in [0.15, 0.2) is 0 Å². The van der Waals surface area contributed by atoms with Crippen LogP contribution in [-0.2, 0) is 19.3 Å². The van der Waals surface area contributed by atoms with E-state index in [-0.39, 0.29) is 0 Å². The smallest absolute Gasteiger partial charge is 0.307 e. The number of nitrogens with zero attached hydrogens (tertiary/aromatic N) is 1. The number of benzene rings is 2. The lowest BCUT2D eigenvalue weighted by molar-refractivity contribution is -0.137. The number of hydrogen-bond acceptors (Lipinski definition) is 3. The Morgan fingerprint density at radius 1 is 1.04 bits per heavy atom. The van der Waals surface area contributed by atoms with E-state index >= 15 is 0 Å². The number of aryl methyl sites for hydroxylation is 1. The number of halogens is 3. The van der Waals surface area contributed by atoms with Crippen molar-refractivity contribution in [1.29, 1.82) is 0 Å². The summed E-state index contributed by atoms with van der Waals surface area (Å²) in [5.41, 5.74) is 3.13. The lowest BCUT2D eigenvalue weighted by Crippen LogP contribution is -2.14. The molecule has 1 N–H and O–H groups in total. The van der Waals surface area contributed by atoms with Crippen LogP contribution in [0, 0.1) is 6.92 Å².